The van der Waals surface area contributed by atoms with E-state index < -0.39 is 14.5 Å². The lowest BCUT2D eigenvalue weighted by Crippen LogP contribution is -2.55. The van der Waals surface area contributed by atoms with Crippen LogP contribution in [0.15, 0.2) is 29.2 Å². The molecule has 106 valence electrons. The fourth-order valence-electron chi connectivity index (χ4n) is 2.30. The molecule has 0 unspecified atom stereocenters. The highest BCUT2D eigenvalue weighted by atomic mass is 32.3. The van der Waals surface area contributed by atoms with E-state index in [1.54, 1.807) is 24.3 Å². The van der Waals surface area contributed by atoms with E-state index >= 15 is 0 Å². The van der Waals surface area contributed by atoms with Crippen molar-refractivity contribution in [2.24, 2.45) is 5.14 Å². The predicted octanol–water partition coefficient (Wildman–Crippen LogP) is 1.60. The lowest BCUT2D eigenvalue weighted by atomic mass is 10.3. The molecule has 19 heavy (non-hydrogen) atoms. The number of amides is 1. The maximum absolute atomic E-state index is 12.9. The van der Waals surface area contributed by atoms with E-state index in [9.17, 15) is 9.00 Å². The maximum atomic E-state index is 12.9. The number of hydrogen-bond acceptors (Lipinski definition) is 3. The molecular formula is C13H21N3O2S. The first-order valence-corrected chi connectivity index (χ1v) is 8.83. The molecule has 1 aliphatic rings. The van der Waals surface area contributed by atoms with Gasteiger partial charge in [0, 0.05) is 32.1 Å². The predicted molar refractivity (Wildman–Crippen MR) is 78.2 cm³/mol. The van der Waals surface area contributed by atoms with E-state index in [1.807, 2.05) is 0 Å². The quantitative estimate of drug-likeness (QED) is 0.719. The molecule has 1 fully saturated rings. The monoisotopic (exact) mass is 283 g/mol. The van der Waals surface area contributed by atoms with Gasteiger partial charge >= 0.3 is 5.24 Å². The number of rotatable bonds is 2. The van der Waals surface area contributed by atoms with Crippen LogP contribution in [0.5, 0.6) is 0 Å². The van der Waals surface area contributed by atoms with Gasteiger partial charge in [-0.05, 0) is 37.1 Å². The smallest absolute Gasteiger partial charge is 0.304 e. The third kappa shape index (κ3) is 2.79. The van der Waals surface area contributed by atoms with Crippen molar-refractivity contribution in [3.8, 4) is 0 Å². The lowest BCUT2D eigenvalue weighted by Gasteiger charge is -2.33. The van der Waals surface area contributed by atoms with Gasteiger partial charge in [-0.3, -0.25) is 14.1 Å². The molecule has 0 heterocycles. The first-order chi connectivity index (χ1) is 8.78. The zero-order valence-electron chi connectivity index (χ0n) is 11.1. The first-order valence-electron chi connectivity index (χ1n) is 6.39. The lowest BCUT2D eigenvalue weighted by molar-refractivity contribution is 0.255. The second kappa shape index (κ2) is 4.61. The number of anilines is 1. The summed E-state index contributed by atoms with van der Waals surface area (Å²) in [5.74, 6) is 0. The molecule has 1 saturated carbocycles. The van der Waals surface area contributed by atoms with Crippen LogP contribution in [-0.2, 0) is 9.25 Å². The van der Waals surface area contributed by atoms with Crippen LogP contribution in [0, 0.1) is 0 Å². The van der Waals surface area contributed by atoms with Gasteiger partial charge in [0.1, 0.15) is 0 Å². The Morgan fingerprint density at radius 1 is 1.26 bits per heavy atom. The first kappa shape index (κ1) is 14.0. The summed E-state index contributed by atoms with van der Waals surface area (Å²) >= 11 is 0. The molecule has 0 atom stereocenters. The Morgan fingerprint density at radius 3 is 2.32 bits per heavy atom. The summed E-state index contributed by atoms with van der Waals surface area (Å²) < 4.78 is 12.9. The van der Waals surface area contributed by atoms with E-state index in [0.717, 1.165) is 25.7 Å². The number of nitrogen functional groups attached to an aromatic ring is 1. The highest BCUT2D eigenvalue weighted by Crippen LogP contribution is 2.29. The van der Waals surface area contributed by atoms with Crippen LogP contribution in [0.1, 0.15) is 25.7 Å². The third-order valence-corrected chi connectivity index (χ3v) is 6.09. The summed E-state index contributed by atoms with van der Waals surface area (Å²) in [6, 6.07) is 6.40. The normalized spacial score (nSPS) is 18.7. The number of nitrogens with one attached hydrogen (secondary N) is 1. The third-order valence-electron chi connectivity index (χ3n) is 3.60. The fraction of sp³-hybridized carbons (Fsp3) is 0.462. The van der Waals surface area contributed by atoms with Crippen LogP contribution in [0.3, 0.4) is 0 Å². The van der Waals surface area contributed by atoms with Crippen LogP contribution >= 0.6 is 0 Å². The number of hydrogen-bond donors (Lipinski definition) is 3. The van der Waals surface area contributed by atoms with E-state index in [4.69, 9.17) is 10.9 Å². The van der Waals surface area contributed by atoms with Crippen LogP contribution in [0.25, 0.3) is 0 Å². The summed E-state index contributed by atoms with van der Waals surface area (Å²) in [6.07, 6.45) is 5.35. The maximum Gasteiger partial charge on any atom is 0.304 e. The molecule has 0 aliphatic heterocycles. The van der Waals surface area contributed by atoms with Crippen LogP contribution in [-0.4, -0.2) is 21.7 Å². The Balaban J connectivity index is 2.25. The number of benzene rings is 1. The highest BCUT2D eigenvalue weighted by Gasteiger charge is 2.38. The van der Waals surface area contributed by atoms with Crippen molar-refractivity contribution >= 4 is 20.2 Å². The SMILES string of the molecule is CS(N)(=O)(C(=O)NC1CCCC1)c1ccc(N)cc1. The van der Waals surface area contributed by atoms with Crippen molar-refractivity contribution < 1.29 is 9.00 Å². The fourth-order valence-corrected chi connectivity index (χ4v) is 3.78. The minimum absolute atomic E-state index is 0.0919. The van der Waals surface area contributed by atoms with Crippen molar-refractivity contribution in [3.05, 3.63) is 24.3 Å². The van der Waals surface area contributed by atoms with Gasteiger partial charge in [0.15, 0.2) is 0 Å². The van der Waals surface area contributed by atoms with Crippen molar-refractivity contribution in [1.29, 1.82) is 0 Å². The zero-order chi connectivity index (χ0) is 14.1. The van der Waals surface area contributed by atoms with Crippen molar-refractivity contribution in [3.63, 3.8) is 0 Å². The van der Waals surface area contributed by atoms with Gasteiger partial charge in [0.25, 0.3) is 0 Å². The second-order valence-electron chi connectivity index (χ2n) is 5.39. The summed E-state index contributed by atoms with van der Waals surface area (Å²) in [4.78, 5) is 12.6. The molecule has 5 N–H and O–H groups in total. The van der Waals surface area contributed by atoms with Crippen molar-refractivity contribution in [1.82, 2.24) is 5.32 Å². The van der Waals surface area contributed by atoms with Crippen LogP contribution < -0.4 is 16.2 Å². The molecule has 0 aromatic heterocycles. The number of carbonyl (C=O) groups excluding carboxylic acids is 1. The molecule has 0 saturated heterocycles. The minimum atomic E-state index is -4.04. The Morgan fingerprint density at radius 2 is 1.79 bits per heavy atom. The average molecular weight is 283 g/mol. The van der Waals surface area contributed by atoms with Gasteiger partial charge in [-0.1, -0.05) is 12.8 Å². The molecule has 5 nitrogen and oxygen atoms in total. The Bertz CT molecular complexity index is 542. The highest BCUT2D eigenvalue weighted by molar-refractivity contribution is 8.29. The van der Waals surface area contributed by atoms with Gasteiger partial charge in [-0.2, -0.15) is 0 Å². The van der Waals surface area contributed by atoms with Crippen LogP contribution in [0.2, 0.25) is 0 Å². The minimum Gasteiger partial charge on any atom is -0.399 e. The Labute approximate surface area is 113 Å². The van der Waals surface area contributed by atoms with E-state index in [0.29, 0.717) is 10.6 Å². The van der Waals surface area contributed by atoms with E-state index in [1.165, 1.54) is 6.26 Å². The Hall–Kier alpha value is -1.40. The van der Waals surface area contributed by atoms with E-state index in [-0.39, 0.29) is 6.04 Å². The summed E-state index contributed by atoms with van der Waals surface area (Å²) in [6.45, 7) is 0. The van der Waals surface area contributed by atoms with Gasteiger partial charge in [0.05, 0.1) is 0 Å². The summed E-state index contributed by atoms with van der Waals surface area (Å²) in [7, 11) is -4.04. The van der Waals surface area contributed by atoms with Gasteiger partial charge in [0.2, 0.25) is 0 Å². The molecule has 1 amide bonds. The molecule has 0 spiro atoms. The molecule has 1 aromatic rings. The summed E-state index contributed by atoms with van der Waals surface area (Å²) in [5.41, 5.74) is 6.13. The number of nitrogens with two attached hydrogens (primary N) is 2. The molecule has 6 heteroatoms. The zero-order valence-corrected chi connectivity index (χ0v) is 11.9. The summed E-state index contributed by atoms with van der Waals surface area (Å²) in [5, 5.41) is 8.19. The molecule has 2 rings (SSSR count). The van der Waals surface area contributed by atoms with Crippen molar-refractivity contribution in [2.45, 2.75) is 36.6 Å². The second-order valence-corrected chi connectivity index (χ2v) is 9.06. The average Bonchev–Trinajstić information content (AvgIpc) is 2.81. The molecular weight excluding hydrogens is 262 g/mol. The van der Waals surface area contributed by atoms with Gasteiger partial charge in [-0.25, -0.2) is 0 Å². The van der Waals surface area contributed by atoms with Crippen molar-refractivity contribution in [2.75, 3.05) is 12.0 Å². The largest absolute Gasteiger partial charge is 0.399 e. The molecule has 1 aliphatic carbocycles. The molecule has 0 radical (unpaired) electrons. The van der Waals surface area contributed by atoms with Gasteiger partial charge in [-0.15, -0.1) is 0 Å². The van der Waals surface area contributed by atoms with Crippen LogP contribution in [0.4, 0.5) is 10.5 Å². The molecule has 0 bridgehead atoms. The Kier molecular flexibility index (Phi) is 3.40. The number of carbonyl (C=O) groups is 1. The van der Waals surface area contributed by atoms with Gasteiger partial charge < -0.3 is 11.1 Å². The standard InChI is InChI=1S/C13H21N3O2S/c1-19(15,18,12-8-6-10(14)7-9-12)13(17)16-11-4-2-3-5-11/h6-9,11H,2-5,14H2,1H3,(H2,15,18)(H,16,17). The molecule has 1 aromatic carbocycles. The van der Waals surface area contributed by atoms with E-state index in [2.05, 4.69) is 5.32 Å². The topological polar surface area (TPSA) is 98.2 Å².